The fourth-order valence-corrected chi connectivity index (χ4v) is 3.50. The van der Waals surface area contributed by atoms with Crippen LogP contribution >= 0.6 is 11.8 Å². The van der Waals surface area contributed by atoms with Crippen LogP contribution in [0.2, 0.25) is 0 Å². The number of anilines is 1. The van der Waals surface area contributed by atoms with Gasteiger partial charge < -0.3 is 24.7 Å². The molecular formula is C17H25N3O5S. The Labute approximate surface area is 156 Å². The van der Waals surface area contributed by atoms with Gasteiger partial charge >= 0.3 is 12.0 Å². The molecule has 0 unspecified atom stereocenters. The van der Waals surface area contributed by atoms with E-state index in [0.717, 1.165) is 12.8 Å². The van der Waals surface area contributed by atoms with Gasteiger partial charge in [0.1, 0.15) is 12.2 Å². The molecule has 0 radical (unpaired) electrons. The molecule has 0 spiro atoms. The number of pyridine rings is 1. The molecule has 0 bridgehead atoms. The van der Waals surface area contributed by atoms with E-state index in [-0.39, 0.29) is 23.6 Å². The fraction of sp³-hybridized carbons (Fsp3) is 0.588. The van der Waals surface area contributed by atoms with E-state index < -0.39 is 17.6 Å². The van der Waals surface area contributed by atoms with Gasteiger partial charge in [0.15, 0.2) is 0 Å². The van der Waals surface area contributed by atoms with Crippen LogP contribution in [0.4, 0.5) is 10.5 Å². The van der Waals surface area contributed by atoms with Crippen molar-refractivity contribution in [1.29, 1.82) is 0 Å². The Bertz CT molecular complexity index is 685. The zero-order valence-corrected chi connectivity index (χ0v) is 15.9. The summed E-state index contributed by atoms with van der Waals surface area (Å²) in [7, 11) is 0. The van der Waals surface area contributed by atoms with E-state index >= 15 is 0 Å². The quantitative estimate of drug-likeness (QED) is 0.692. The maximum atomic E-state index is 12.4. The molecule has 0 aliphatic carbocycles. The van der Waals surface area contributed by atoms with E-state index in [0.29, 0.717) is 19.8 Å². The molecule has 0 saturated carbocycles. The maximum Gasteiger partial charge on any atom is 0.326 e. The summed E-state index contributed by atoms with van der Waals surface area (Å²) in [6, 6.07) is 2.65. The number of carbonyl (C=O) groups is 2. The van der Waals surface area contributed by atoms with Gasteiger partial charge in [0.25, 0.3) is 5.56 Å². The Morgan fingerprint density at radius 1 is 1.38 bits per heavy atom. The predicted octanol–water partition coefficient (Wildman–Crippen LogP) is 1.45. The van der Waals surface area contributed by atoms with E-state index in [1.807, 2.05) is 6.26 Å². The molecule has 2 amide bonds. The number of urea groups is 1. The van der Waals surface area contributed by atoms with Gasteiger partial charge in [-0.15, -0.1) is 0 Å². The first-order valence-electron chi connectivity index (χ1n) is 8.52. The topological polar surface area (TPSA) is 98.7 Å². The molecule has 2 N–H and O–H groups in total. The Kier molecular flexibility index (Phi) is 7.52. The van der Waals surface area contributed by atoms with Gasteiger partial charge in [-0.05, 0) is 38.2 Å². The number of nitrogens with one attached hydrogen (secondary N) is 2. The highest BCUT2D eigenvalue weighted by Crippen LogP contribution is 2.32. The largest absolute Gasteiger partial charge is 0.465 e. The zero-order valence-electron chi connectivity index (χ0n) is 15.1. The molecule has 1 saturated heterocycles. The van der Waals surface area contributed by atoms with E-state index in [4.69, 9.17) is 9.47 Å². The summed E-state index contributed by atoms with van der Waals surface area (Å²) < 4.78 is 11.4. The summed E-state index contributed by atoms with van der Waals surface area (Å²) in [6.07, 6.45) is 5.24. The average molecular weight is 383 g/mol. The number of amides is 2. The monoisotopic (exact) mass is 383 g/mol. The lowest BCUT2D eigenvalue weighted by atomic mass is 9.99. The van der Waals surface area contributed by atoms with Crippen molar-refractivity contribution >= 4 is 29.4 Å². The fourth-order valence-electron chi connectivity index (χ4n) is 2.71. The Morgan fingerprint density at radius 3 is 2.77 bits per heavy atom. The number of ether oxygens (including phenoxy) is 2. The highest BCUT2D eigenvalue weighted by Gasteiger charge is 2.32. The number of aromatic nitrogens is 1. The number of nitrogens with zero attached hydrogens (tertiary/aromatic N) is 1. The van der Waals surface area contributed by atoms with Crippen LogP contribution in [0.25, 0.3) is 0 Å². The first kappa shape index (κ1) is 20.3. The van der Waals surface area contributed by atoms with Crippen molar-refractivity contribution in [3.63, 3.8) is 0 Å². The Hall–Kier alpha value is -2.00. The Morgan fingerprint density at radius 2 is 2.12 bits per heavy atom. The minimum atomic E-state index is -0.502. The lowest BCUT2D eigenvalue weighted by Gasteiger charge is -2.35. The summed E-state index contributed by atoms with van der Waals surface area (Å²) >= 11 is 1.72. The third-order valence-electron chi connectivity index (χ3n) is 4.28. The summed E-state index contributed by atoms with van der Waals surface area (Å²) in [5.41, 5.74) is -0.346. The molecule has 9 heteroatoms. The van der Waals surface area contributed by atoms with Gasteiger partial charge in [0.2, 0.25) is 0 Å². The molecule has 1 aromatic heterocycles. The van der Waals surface area contributed by atoms with Gasteiger partial charge in [-0.1, -0.05) is 0 Å². The van der Waals surface area contributed by atoms with Crippen LogP contribution in [0.1, 0.15) is 19.8 Å². The first-order chi connectivity index (χ1) is 12.5. The van der Waals surface area contributed by atoms with Gasteiger partial charge in [-0.25, -0.2) is 4.79 Å². The molecule has 0 atom stereocenters. The summed E-state index contributed by atoms with van der Waals surface area (Å²) in [6.45, 7) is 3.61. The molecule has 0 aromatic carbocycles. The number of esters is 1. The number of hydrogen-bond acceptors (Lipinski definition) is 6. The van der Waals surface area contributed by atoms with Crippen LogP contribution < -0.4 is 16.2 Å². The number of thioether (sulfide) groups is 1. The molecule has 1 fully saturated rings. The number of carbonyl (C=O) groups excluding carboxylic acids is 2. The van der Waals surface area contributed by atoms with Crippen LogP contribution in [-0.4, -0.2) is 53.9 Å². The lowest BCUT2D eigenvalue weighted by molar-refractivity contribution is -0.143. The zero-order chi connectivity index (χ0) is 19.0. The maximum absolute atomic E-state index is 12.4. The normalized spacial score (nSPS) is 15.9. The summed E-state index contributed by atoms with van der Waals surface area (Å²) in [5.74, 6) is -0.502. The molecule has 2 heterocycles. The van der Waals surface area contributed by atoms with Crippen molar-refractivity contribution in [2.75, 3.05) is 37.9 Å². The van der Waals surface area contributed by atoms with E-state index in [1.165, 1.54) is 16.8 Å². The minimum absolute atomic E-state index is 0.0452. The highest BCUT2D eigenvalue weighted by atomic mass is 32.2. The van der Waals surface area contributed by atoms with Crippen LogP contribution in [-0.2, 0) is 20.8 Å². The van der Waals surface area contributed by atoms with E-state index in [9.17, 15) is 14.4 Å². The Balaban J connectivity index is 1.96. The lowest BCUT2D eigenvalue weighted by Crippen LogP contribution is -2.45. The standard InChI is InChI=1S/C17H25N3O5S/c1-3-25-14(21)11-20-8-4-5-13(15(20)22)19-16(23)18-12-17(26-2)6-9-24-10-7-17/h4-5,8H,3,6-7,9-12H2,1-2H3,(H2,18,19,23). The van der Waals surface area contributed by atoms with Crippen molar-refractivity contribution < 1.29 is 19.1 Å². The molecule has 2 rings (SSSR count). The molecule has 1 aliphatic rings. The average Bonchev–Trinajstić information content (AvgIpc) is 2.64. The summed E-state index contributed by atoms with van der Waals surface area (Å²) in [5, 5.41) is 5.39. The van der Waals surface area contributed by atoms with E-state index in [1.54, 1.807) is 24.8 Å². The van der Waals surface area contributed by atoms with Crippen LogP contribution in [0.15, 0.2) is 23.1 Å². The van der Waals surface area contributed by atoms with Crippen LogP contribution in [0.3, 0.4) is 0 Å². The molecular weight excluding hydrogens is 358 g/mol. The third kappa shape index (κ3) is 5.50. The van der Waals surface area contributed by atoms with Crippen LogP contribution in [0.5, 0.6) is 0 Å². The second-order valence-electron chi connectivity index (χ2n) is 5.97. The van der Waals surface area contributed by atoms with Crippen molar-refractivity contribution in [2.24, 2.45) is 0 Å². The van der Waals surface area contributed by atoms with Crippen molar-refractivity contribution in [3.8, 4) is 0 Å². The van der Waals surface area contributed by atoms with Gasteiger partial charge in [-0.3, -0.25) is 9.59 Å². The number of hydrogen-bond donors (Lipinski definition) is 2. The van der Waals surface area contributed by atoms with E-state index in [2.05, 4.69) is 10.6 Å². The smallest absolute Gasteiger partial charge is 0.326 e. The molecule has 1 aliphatic heterocycles. The van der Waals surface area contributed by atoms with Crippen molar-refractivity contribution in [1.82, 2.24) is 9.88 Å². The minimum Gasteiger partial charge on any atom is -0.465 e. The molecule has 26 heavy (non-hydrogen) atoms. The number of rotatable bonds is 7. The third-order valence-corrected chi connectivity index (χ3v) is 5.70. The highest BCUT2D eigenvalue weighted by molar-refractivity contribution is 8.00. The molecule has 8 nitrogen and oxygen atoms in total. The second kappa shape index (κ2) is 9.63. The van der Waals surface area contributed by atoms with Gasteiger partial charge in [-0.2, -0.15) is 11.8 Å². The second-order valence-corrected chi connectivity index (χ2v) is 7.24. The van der Waals surface area contributed by atoms with Gasteiger partial charge in [0.05, 0.1) is 6.61 Å². The predicted molar refractivity (Wildman–Crippen MR) is 101 cm³/mol. The molecule has 1 aromatic rings. The SMILES string of the molecule is CCOC(=O)Cn1cccc(NC(=O)NCC2(SC)CCOCC2)c1=O. The van der Waals surface area contributed by atoms with Gasteiger partial charge in [0, 0.05) is 30.7 Å². The first-order valence-corrected chi connectivity index (χ1v) is 9.75. The van der Waals surface area contributed by atoms with Crippen LogP contribution in [0, 0.1) is 0 Å². The van der Waals surface area contributed by atoms with Crippen molar-refractivity contribution in [3.05, 3.63) is 28.7 Å². The summed E-state index contributed by atoms with van der Waals surface area (Å²) in [4.78, 5) is 36.1. The molecule has 144 valence electrons. The van der Waals surface area contributed by atoms with Crippen molar-refractivity contribution in [2.45, 2.75) is 31.1 Å².